The Morgan fingerprint density at radius 3 is 2.31 bits per heavy atom. The molecule has 1 aromatic heterocycles. The van der Waals surface area contributed by atoms with Crippen molar-refractivity contribution in [1.82, 2.24) is 14.1 Å². The zero-order valence-electron chi connectivity index (χ0n) is 20.2. The zero-order chi connectivity index (χ0) is 25.2. The van der Waals surface area contributed by atoms with Gasteiger partial charge in [-0.2, -0.15) is 5.10 Å². The van der Waals surface area contributed by atoms with Crippen LogP contribution in [0.2, 0.25) is 0 Å². The van der Waals surface area contributed by atoms with Crippen molar-refractivity contribution in [2.45, 2.75) is 25.3 Å². The Hall–Kier alpha value is -3.75. The van der Waals surface area contributed by atoms with Gasteiger partial charge in [0.05, 0.1) is 17.0 Å². The Labute approximate surface area is 206 Å². The third-order valence-corrected chi connectivity index (χ3v) is 7.57. The Morgan fingerprint density at radius 2 is 1.66 bits per heavy atom. The van der Waals surface area contributed by atoms with Gasteiger partial charge in [-0.3, -0.25) is 9.48 Å². The van der Waals surface area contributed by atoms with Gasteiger partial charge in [0.15, 0.2) is 0 Å². The number of aromatic nitrogens is 2. The number of rotatable bonds is 7. The second-order valence-corrected chi connectivity index (χ2v) is 10.8. The van der Waals surface area contributed by atoms with Crippen molar-refractivity contribution in [2.24, 2.45) is 0 Å². The summed E-state index contributed by atoms with van der Waals surface area (Å²) >= 11 is 0. The molecule has 35 heavy (non-hydrogen) atoms. The van der Waals surface area contributed by atoms with Gasteiger partial charge in [0, 0.05) is 31.5 Å². The SMILES string of the molecule is Cc1ccc(-c2nn(Cc3ccccc3)cc2C(=O)Nc2cc(S(=O)(=O)N(C)C)ccc2C)cc1. The first-order chi connectivity index (χ1) is 16.6. The van der Waals surface area contributed by atoms with E-state index in [2.05, 4.69) is 5.32 Å². The fraction of sp³-hybridized carbons (Fsp3) is 0.185. The van der Waals surface area contributed by atoms with E-state index >= 15 is 0 Å². The van der Waals surface area contributed by atoms with Crippen LogP contribution in [0.4, 0.5) is 5.69 Å². The third-order valence-electron chi connectivity index (χ3n) is 5.75. The number of hydrogen-bond acceptors (Lipinski definition) is 4. The summed E-state index contributed by atoms with van der Waals surface area (Å²) in [6, 6.07) is 22.4. The average Bonchev–Trinajstić information content (AvgIpc) is 3.25. The first-order valence-electron chi connectivity index (χ1n) is 11.2. The molecule has 0 bridgehead atoms. The lowest BCUT2D eigenvalue weighted by atomic mass is 10.1. The van der Waals surface area contributed by atoms with Crippen molar-refractivity contribution in [3.8, 4) is 11.3 Å². The van der Waals surface area contributed by atoms with Crippen molar-refractivity contribution >= 4 is 21.6 Å². The summed E-state index contributed by atoms with van der Waals surface area (Å²) in [5, 5.41) is 7.63. The van der Waals surface area contributed by atoms with Crippen LogP contribution in [0.25, 0.3) is 11.3 Å². The maximum atomic E-state index is 13.5. The fourth-order valence-electron chi connectivity index (χ4n) is 3.66. The van der Waals surface area contributed by atoms with Crippen molar-refractivity contribution in [2.75, 3.05) is 19.4 Å². The monoisotopic (exact) mass is 488 g/mol. The largest absolute Gasteiger partial charge is 0.322 e. The smallest absolute Gasteiger partial charge is 0.259 e. The number of amides is 1. The van der Waals surface area contributed by atoms with Crippen molar-refractivity contribution < 1.29 is 13.2 Å². The summed E-state index contributed by atoms with van der Waals surface area (Å²) in [4.78, 5) is 13.6. The van der Waals surface area contributed by atoms with Gasteiger partial charge in [0.1, 0.15) is 5.69 Å². The number of carbonyl (C=O) groups excluding carboxylic acids is 1. The molecule has 180 valence electrons. The van der Waals surface area contributed by atoms with E-state index in [0.717, 1.165) is 26.6 Å². The molecule has 0 aliphatic heterocycles. The zero-order valence-corrected chi connectivity index (χ0v) is 21.0. The highest BCUT2D eigenvalue weighted by molar-refractivity contribution is 7.89. The van der Waals surface area contributed by atoms with E-state index in [1.54, 1.807) is 16.9 Å². The van der Waals surface area contributed by atoms with Crippen LogP contribution in [-0.4, -0.2) is 42.5 Å². The van der Waals surface area contributed by atoms with Crippen LogP contribution in [0.1, 0.15) is 27.0 Å². The molecular formula is C27H28N4O3S. The minimum Gasteiger partial charge on any atom is -0.322 e. The molecule has 8 heteroatoms. The summed E-state index contributed by atoms with van der Waals surface area (Å²) in [6.45, 7) is 4.34. The molecule has 0 aliphatic rings. The van der Waals surface area contributed by atoms with Crippen LogP contribution >= 0.6 is 0 Å². The fourth-order valence-corrected chi connectivity index (χ4v) is 4.59. The van der Waals surface area contributed by atoms with E-state index in [4.69, 9.17) is 5.10 Å². The molecule has 7 nitrogen and oxygen atoms in total. The predicted octanol–water partition coefficient (Wildman–Crippen LogP) is 4.72. The van der Waals surface area contributed by atoms with Crippen LogP contribution in [0, 0.1) is 13.8 Å². The predicted molar refractivity (Wildman–Crippen MR) is 138 cm³/mol. The van der Waals surface area contributed by atoms with E-state index in [1.807, 2.05) is 68.4 Å². The number of hydrogen-bond donors (Lipinski definition) is 1. The van der Waals surface area contributed by atoms with Gasteiger partial charge in [-0.25, -0.2) is 12.7 Å². The van der Waals surface area contributed by atoms with Gasteiger partial charge in [-0.05, 0) is 37.1 Å². The molecule has 0 saturated heterocycles. The summed E-state index contributed by atoms with van der Waals surface area (Å²) < 4.78 is 28.1. The van der Waals surface area contributed by atoms with Gasteiger partial charge in [0.25, 0.3) is 5.91 Å². The Bertz CT molecular complexity index is 1460. The third kappa shape index (κ3) is 5.34. The van der Waals surface area contributed by atoms with E-state index in [-0.39, 0.29) is 10.8 Å². The highest BCUT2D eigenvalue weighted by atomic mass is 32.2. The lowest BCUT2D eigenvalue weighted by Crippen LogP contribution is -2.22. The molecule has 0 aliphatic carbocycles. The number of nitrogens with zero attached hydrogens (tertiary/aromatic N) is 3. The highest BCUT2D eigenvalue weighted by Crippen LogP contribution is 2.26. The van der Waals surface area contributed by atoms with Crippen LogP contribution in [0.5, 0.6) is 0 Å². The standard InChI is InChI=1S/C27H28N4O3S/c1-19-10-13-22(14-11-19)26-24(18-31(29-26)17-21-8-6-5-7-9-21)27(32)28-25-16-23(15-12-20(25)2)35(33,34)30(3)4/h5-16,18H,17H2,1-4H3,(H,28,32). The normalized spacial score (nSPS) is 11.6. The molecule has 0 unspecified atom stereocenters. The number of benzene rings is 3. The van der Waals surface area contributed by atoms with Gasteiger partial charge in [-0.15, -0.1) is 0 Å². The lowest BCUT2D eigenvalue weighted by molar-refractivity contribution is 0.102. The number of nitrogens with one attached hydrogen (secondary N) is 1. The van der Waals surface area contributed by atoms with Gasteiger partial charge in [-0.1, -0.05) is 66.2 Å². The number of sulfonamides is 1. The van der Waals surface area contributed by atoms with E-state index in [1.165, 1.54) is 26.2 Å². The number of carbonyl (C=O) groups is 1. The van der Waals surface area contributed by atoms with Crippen LogP contribution in [-0.2, 0) is 16.6 Å². The molecule has 0 atom stereocenters. The van der Waals surface area contributed by atoms with Crippen molar-refractivity contribution in [1.29, 1.82) is 0 Å². The molecule has 1 N–H and O–H groups in total. The average molecular weight is 489 g/mol. The second-order valence-electron chi connectivity index (χ2n) is 8.66. The quantitative estimate of drug-likeness (QED) is 0.408. The van der Waals surface area contributed by atoms with E-state index in [9.17, 15) is 13.2 Å². The molecule has 0 saturated carbocycles. The summed E-state index contributed by atoms with van der Waals surface area (Å²) in [5.74, 6) is -0.359. The summed E-state index contributed by atoms with van der Waals surface area (Å²) in [7, 11) is -0.687. The van der Waals surface area contributed by atoms with Crippen LogP contribution in [0.15, 0.2) is 83.9 Å². The van der Waals surface area contributed by atoms with Crippen molar-refractivity contribution in [3.63, 3.8) is 0 Å². The van der Waals surface area contributed by atoms with Crippen LogP contribution < -0.4 is 5.32 Å². The van der Waals surface area contributed by atoms with Gasteiger partial charge >= 0.3 is 0 Å². The maximum Gasteiger partial charge on any atom is 0.259 e. The molecule has 0 radical (unpaired) electrons. The van der Waals surface area contributed by atoms with Crippen molar-refractivity contribution in [3.05, 3.63) is 101 Å². The Balaban J connectivity index is 1.72. The minimum absolute atomic E-state index is 0.113. The number of anilines is 1. The first-order valence-corrected chi connectivity index (χ1v) is 12.6. The Kier molecular flexibility index (Phi) is 6.86. The first kappa shape index (κ1) is 24.4. The second kappa shape index (κ2) is 9.85. The van der Waals surface area contributed by atoms with Gasteiger partial charge < -0.3 is 5.32 Å². The van der Waals surface area contributed by atoms with Gasteiger partial charge in [0.2, 0.25) is 10.0 Å². The molecule has 4 aromatic rings. The highest BCUT2D eigenvalue weighted by Gasteiger charge is 2.22. The molecule has 4 rings (SSSR count). The van der Waals surface area contributed by atoms with Crippen LogP contribution in [0.3, 0.4) is 0 Å². The molecule has 0 fully saturated rings. The molecule has 0 spiro atoms. The molecular weight excluding hydrogens is 460 g/mol. The molecule has 3 aromatic carbocycles. The van der Waals surface area contributed by atoms with E-state index in [0.29, 0.717) is 23.5 Å². The number of aryl methyl sites for hydroxylation is 2. The van der Waals surface area contributed by atoms with E-state index < -0.39 is 10.0 Å². The molecule has 1 heterocycles. The minimum atomic E-state index is -3.64. The summed E-state index contributed by atoms with van der Waals surface area (Å²) in [5.41, 5.74) is 5.16. The topological polar surface area (TPSA) is 84.3 Å². The summed E-state index contributed by atoms with van der Waals surface area (Å²) in [6.07, 6.45) is 1.73. The molecule has 1 amide bonds. The Morgan fingerprint density at radius 1 is 0.971 bits per heavy atom. The lowest BCUT2D eigenvalue weighted by Gasteiger charge is -2.14. The maximum absolute atomic E-state index is 13.5.